The Morgan fingerprint density at radius 1 is 1.10 bits per heavy atom. The highest BCUT2D eigenvalue weighted by Gasteiger charge is 2.34. The molecule has 0 aliphatic carbocycles. The summed E-state index contributed by atoms with van der Waals surface area (Å²) in [6.45, 7) is 5.70. The van der Waals surface area contributed by atoms with Crippen LogP contribution in [-0.2, 0) is 10.0 Å². The van der Waals surface area contributed by atoms with E-state index in [0.717, 1.165) is 0 Å². The Labute approximate surface area is 120 Å². The molecule has 0 spiro atoms. The van der Waals surface area contributed by atoms with Crippen molar-refractivity contribution < 1.29 is 8.42 Å². The highest BCUT2D eigenvalue weighted by Crippen LogP contribution is 2.21. The number of nitrogens with zero attached hydrogens (tertiary/aromatic N) is 3. The predicted molar refractivity (Wildman–Crippen MR) is 76.5 cm³/mol. The zero-order chi connectivity index (χ0) is 14.8. The van der Waals surface area contributed by atoms with Crippen molar-refractivity contribution in [1.82, 2.24) is 9.21 Å². The quantitative estimate of drug-likeness (QED) is 0.842. The molecule has 1 saturated heterocycles. The summed E-state index contributed by atoms with van der Waals surface area (Å²) in [6.07, 6.45) is 0. The van der Waals surface area contributed by atoms with E-state index >= 15 is 0 Å². The molecule has 0 aromatic heterocycles. The fraction of sp³-hybridized carbons (Fsp3) is 0.500. The SMILES string of the molecule is CC(C)(C#N)N1CCN(S(=O)(=O)c2ccccc2)CC1. The lowest BCUT2D eigenvalue weighted by Crippen LogP contribution is -2.55. The van der Waals surface area contributed by atoms with E-state index in [9.17, 15) is 8.42 Å². The monoisotopic (exact) mass is 293 g/mol. The highest BCUT2D eigenvalue weighted by atomic mass is 32.2. The predicted octanol–water partition coefficient (Wildman–Crippen LogP) is 1.30. The molecule has 6 heteroatoms. The first-order valence-corrected chi connectivity index (χ1v) is 8.03. The van der Waals surface area contributed by atoms with Crippen LogP contribution in [0, 0.1) is 11.3 Å². The minimum absolute atomic E-state index is 0.327. The van der Waals surface area contributed by atoms with Gasteiger partial charge in [-0.25, -0.2) is 8.42 Å². The lowest BCUT2D eigenvalue weighted by Gasteiger charge is -2.39. The van der Waals surface area contributed by atoms with Gasteiger partial charge in [-0.15, -0.1) is 0 Å². The number of nitriles is 1. The molecule has 5 nitrogen and oxygen atoms in total. The standard InChI is InChI=1S/C14H19N3O2S/c1-14(2,12-15)16-8-10-17(11-9-16)20(18,19)13-6-4-3-5-7-13/h3-7H,8-11H2,1-2H3. The third-order valence-electron chi connectivity index (χ3n) is 3.68. The van der Waals surface area contributed by atoms with Gasteiger partial charge in [0.1, 0.15) is 5.54 Å². The van der Waals surface area contributed by atoms with Crippen molar-refractivity contribution in [3.8, 4) is 6.07 Å². The maximum absolute atomic E-state index is 12.5. The molecule has 1 aliphatic heterocycles. The zero-order valence-electron chi connectivity index (χ0n) is 11.8. The Bertz CT molecular complexity index is 597. The zero-order valence-corrected chi connectivity index (χ0v) is 12.6. The van der Waals surface area contributed by atoms with Gasteiger partial charge in [0.05, 0.1) is 11.0 Å². The lowest BCUT2D eigenvalue weighted by atomic mass is 10.0. The largest absolute Gasteiger partial charge is 0.283 e. The molecule has 1 aliphatic rings. The topological polar surface area (TPSA) is 64.4 Å². The molecular weight excluding hydrogens is 274 g/mol. The third-order valence-corrected chi connectivity index (χ3v) is 5.60. The summed E-state index contributed by atoms with van der Waals surface area (Å²) in [6, 6.07) is 10.7. The van der Waals surface area contributed by atoms with Crippen LogP contribution in [0.1, 0.15) is 13.8 Å². The molecule has 0 unspecified atom stereocenters. The van der Waals surface area contributed by atoms with E-state index in [2.05, 4.69) is 6.07 Å². The van der Waals surface area contributed by atoms with E-state index in [1.54, 1.807) is 30.3 Å². The Kier molecular flexibility index (Phi) is 4.14. The van der Waals surface area contributed by atoms with Crippen LogP contribution >= 0.6 is 0 Å². The Hall–Kier alpha value is -1.42. The fourth-order valence-electron chi connectivity index (χ4n) is 2.30. The van der Waals surface area contributed by atoms with Crippen molar-refractivity contribution in [3.05, 3.63) is 30.3 Å². The van der Waals surface area contributed by atoms with Gasteiger partial charge in [-0.3, -0.25) is 4.90 Å². The summed E-state index contributed by atoms with van der Waals surface area (Å²) in [5.74, 6) is 0. The van der Waals surface area contributed by atoms with Gasteiger partial charge in [0.2, 0.25) is 10.0 Å². The maximum atomic E-state index is 12.5. The molecule has 2 rings (SSSR count). The van der Waals surface area contributed by atoms with E-state index in [1.165, 1.54) is 4.31 Å². The molecule has 0 saturated carbocycles. The van der Waals surface area contributed by atoms with E-state index < -0.39 is 15.6 Å². The molecule has 0 amide bonds. The molecule has 0 bridgehead atoms. The average molecular weight is 293 g/mol. The van der Waals surface area contributed by atoms with E-state index in [4.69, 9.17) is 5.26 Å². The van der Waals surface area contributed by atoms with Gasteiger partial charge in [-0.05, 0) is 26.0 Å². The number of piperazine rings is 1. The number of benzene rings is 1. The minimum atomic E-state index is -3.41. The summed E-state index contributed by atoms with van der Waals surface area (Å²) in [5.41, 5.74) is -0.553. The molecule has 1 heterocycles. The molecule has 108 valence electrons. The number of hydrogen-bond acceptors (Lipinski definition) is 4. The van der Waals surface area contributed by atoms with Gasteiger partial charge in [0.15, 0.2) is 0 Å². The lowest BCUT2D eigenvalue weighted by molar-refractivity contribution is 0.115. The van der Waals surface area contributed by atoms with Crippen molar-refractivity contribution in [2.75, 3.05) is 26.2 Å². The molecule has 0 atom stereocenters. The van der Waals surface area contributed by atoms with Crippen LogP contribution in [0.4, 0.5) is 0 Å². The fourth-order valence-corrected chi connectivity index (χ4v) is 3.74. The highest BCUT2D eigenvalue weighted by molar-refractivity contribution is 7.89. The summed E-state index contributed by atoms with van der Waals surface area (Å²) >= 11 is 0. The maximum Gasteiger partial charge on any atom is 0.243 e. The van der Waals surface area contributed by atoms with E-state index in [-0.39, 0.29) is 0 Å². The van der Waals surface area contributed by atoms with Gasteiger partial charge >= 0.3 is 0 Å². The van der Waals surface area contributed by atoms with Crippen LogP contribution in [0.25, 0.3) is 0 Å². The second-order valence-electron chi connectivity index (χ2n) is 5.38. The summed E-state index contributed by atoms with van der Waals surface area (Å²) < 4.78 is 26.4. The van der Waals surface area contributed by atoms with Crippen molar-refractivity contribution in [1.29, 1.82) is 5.26 Å². The van der Waals surface area contributed by atoms with Gasteiger partial charge in [-0.1, -0.05) is 18.2 Å². The van der Waals surface area contributed by atoms with Crippen molar-refractivity contribution in [3.63, 3.8) is 0 Å². The average Bonchev–Trinajstić information content (AvgIpc) is 2.48. The van der Waals surface area contributed by atoms with Crippen molar-refractivity contribution >= 4 is 10.0 Å². The molecule has 0 N–H and O–H groups in total. The van der Waals surface area contributed by atoms with Crippen LogP contribution < -0.4 is 0 Å². The van der Waals surface area contributed by atoms with E-state index in [1.807, 2.05) is 18.7 Å². The first-order chi connectivity index (χ1) is 9.38. The number of sulfonamides is 1. The van der Waals surface area contributed by atoms with E-state index in [0.29, 0.717) is 31.1 Å². The molecule has 1 aromatic rings. The summed E-state index contributed by atoms with van der Waals surface area (Å²) in [5, 5.41) is 9.13. The molecular formula is C14H19N3O2S. The number of hydrogen-bond donors (Lipinski definition) is 0. The Morgan fingerprint density at radius 3 is 2.15 bits per heavy atom. The minimum Gasteiger partial charge on any atom is -0.283 e. The molecule has 1 aromatic carbocycles. The summed E-state index contributed by atoms with van der Waals surface area (Å²) in [4.78, 5) is 2.34. The van der Waals surface area contributed by atoms with Crippen LogP contribution in [0.3, 0.4) is 0 Å². The van der Waals surface area contributed by atoms with Gasteiger partial charge in [0, 0.05) is 26.2 Å². The molecule has 20 heavy (non-hydrogen) atoms. The van der Waals surface area contributed by atoms with Crippen LogP contribution in [0.5, 0.6) is 0 Å². The number of rotatable bonds is 3. The van der Waals surface area contributed by atoms with Crippen LogP contribution in [-0.4, -0.2) is 49.3 Å². The normalized spacial score (nSPS) is 18.6. The molecule has 1 fully saturated rings. The van der Waals surface area contributed by atoms with Gasteiger partial charge in [-0.2, -0.15) is 9.57 Å². The first-order valence-electron chi connectivity index (χ1n) is 6.59. The van der Waals surface area contributed by atoms with Crippen molar-refractivity contribution in [2.24, 2.45) is 0 Å². The molecule has 0 radical (unpaired) electrons. The van der Waals surface area contributed by atoms with Crippen LogP contribution in [0.15, 0.2) is 35.2 Å². The van der Waals surface area contributed by atoms with Gasteiger partial charge in [0.25, 0.3) is 0 Å². The summed E-state index contributed by atoms with van der Waals surface area (Å²) in [7, 11) is -3.41. The van der Waals surface area contributed by atoms with Gasteiger partial charge < -0.3 is 0 Å². The van der Waals surface area contributed by atoms with Crippen LogP contribution in [0.2, 0.25) is 0 Å². The first kappa shape index (κ1) is 15.0. The Morgan fingerprint density at radius 2 is 1.65 bits per heavy atom. The van der Waals surface area contributed by atoms with Crippen molar-refractivity contribution in [2.45, 2.75) is 24.3 Å². The third kappa shape index (κ3) is 2.85. The smallest absolute Gasteiger partial charge is 0.243 e. The second-order valence-corrected chi connectivity index (χ2v) is 7.31. The second kappa shape index (κ2) is 5.52. The Balaban J connectivity index is 2.10.